The fourth-order valence-electron chi connectivity index (χ4n) is 4.23. The lowest BCUT2D eigenvalue weighted by Gasteiger charge is -2.26. The highest BCUT2D eigenvalue weighted by Gasteiger charge is 2.31. The monoisotopic (exact) mass is 514 g/mol. The first-order chi connectivity index (χ1) is 13.7. The Morgan fingerprint density at radius 2 is 1.90 bits per heavy atom. The Bertz CT molecular complexity index is 677. The molecule has 1 atom stereocenters. The molecule has 7 heteroatoms. The number of halogens is 1. The number of hydrogen-bond acceptors (Lipinski definition) is 3. The number of benzene rings is 1. The van der Waals surface area contributed by atoms with E-state index in [1.54, 1.807) is 0 Å². The number of amides is 1. The Labute approximate surface area is 191 Å². The van der Waals surface area contributed by atoms with E-state index < -0.39 is 0 Å². The number of aliphatic hydroxyl groups excluding tert-OH is 1. The second kappa shape index (κ2) is 12.4. The maximum Gasteiger partial charge on any atom is 0.225 e. The van der Waals surface area contributed by atoms with Crippen molar-refractivity contribution in [3.63, 3.8) is 0 Å². The Hall–Kier alpha value is -1.35. The summed E-state index contributed by atoms with van der Waals surface area (Å²) in [6.07, 6.45) is 6.73. The van der Waals surface area contributed by atoms with Gasteiger partial charge in [-0.1, -0.05) is 43.5 Å². The van der Waals surface area contributed by atoms with Crippen LogP contribution in [0.3, 0.4) is 0 Å². The lowest BCUT2D eigenvalue weighted by atomic mass is 9.88. The number of likely N-dealkylation sites (tertiary alicyclic amines) is 1. The first kappa shape index (κ1) is 23.9. The molecule has 1 aromatic carbocycles. The molecule has 2 fully saturated rings. The van der Waals surface area contributed by atoms with Gasteiger partial charge in [-0.25, -0.2) is 4.99 Å². The fraction of sp³-hybridized carbons (Fsp3) is 0.636. The fourth-order valence-corrected chi connectivity index (χ4v) is 4.23. The van der Waals surface area contributed by atoms with Crippen molar-refractivity contribution in [3.05, 3.63) is 35.4 Å². The molecular weight excluding hydrogens is 479 g/mol. The lowest BCUT2D eigenvalue weighted by Crippen LogP contribution is -2.45. The molecule has 0 aromatic heterocycles. The predicted octanol–water partition coefficient (Wildman–Crippen LogP) is 3.03. The van der Waals surface area contributed by atoms with E-state index in [4.69, 9.17) is 4.99 Å². The quantitative estimate of drug-likeness (QED) is 0.310. The molecule has 1 unspecified atom stereocenters. The van der Waals surface area contributed by atoms with E-state index in [-0.39, 0.29) is 42.5 Å². The molecule has 1 aromatic rings. The summed E-state index contributed by atoms with van der Waals surface area (Å²) < 4.78 is 0. The van der Waals surface area contributed by atoms with Gasteiger partial charge in [0.25, 0.3) is 0 Å². The van der Waals surface area contributed by atoms with Crippen molar-refractivity contribution < 1.29 is 9.90 Å². The minimum atomic E-state index is 0. The van der Waals surface area contributed by atoms with Crippen molar-refractivity contribution in [3.8, 4) is 0 Å². The van der Waals surface area contributed by atoms with Crippen LogP contribution in [0.25, 0.3) is 0 Å². The predicted molar refractivity (Wildman–Crippen MR) is 127 cm³/mol. The molecule has 1 aliphatic carbocycles. The molecule has 2 aliphatic rings. The Morgan fingerprint density at radius 3 is 2.59 bits per heavy atom. The number of nitrogens with one attached hydrogen (secondary N) is 2. The average Bonchev–Trinajstić information content (AvgIpc) is 3.21. The summed E-state index contributed by atoms with van der Waals surface area (Å²) in [5, 5.41) is 16.3. The largest absolute Gasteiger partial charge is 0.392 e. The van der Waals surface area contributed by atoms with E-state index in [1.165, 1.54) is 19.3 Å². The van der Waals surface area contributed by atoms with Gasteiger partial charge in [-0.15, -0.1) is 24.0 Å². The molecule has 29 heavy (non-hydrogen) atoms. The second-order valence-corrected chi connectivity index (χ2v) is 7.87. The topological polar surface area (TPSA) is 77.0 Å². The molecule has 1 saturated heterocycles. The number of nitrogens with zero attached hydrogens (tertiary/aromatic N) is 2. The highest BCUT2D eigenvalue weighted by molar-refractivity contribution is 14.0. The molecule has 3 rings (SSSR count). The van der Waals surface area contributed by atoms with Crippen LogP contribution in [0.4, 0.5) is 0 Å². The molecule has 1 aliphatic heterocycles. The van der Waals surface area contributed by atoms with Gasteiger partial charge in [0.1, 0.15) is 0 Å². The van der Waals surface area contributed by atoms with Crippen molar-refractivity contribution in [2.75, 3.05) is 19.6 Å². The van der Waals surface area contributed by atoms with Crippen LogP contribution in [0.2, 0.25) is 0 Å². The molecule has 3 N–H and O–H groups in total. The number of hydrogen-bond donors (Lipinski definition) is 3. The van der Waals surface area contributed by atoms with Crippen molar-refractivity contribution in [2.24, 2.45) is 10.9 Å². The maximum absolute atomic E-state index is 12.8. The molecule has 162 valence electrons. The van der Waals surface area contributed by atoms with E-state index in [0.29, 0.717) is 12.5 Å². The molecule has 6 nitrogen and oxygen atoms in total. The molecule has 0 radical (unpaired) electrons. The van der Waals surface area contributed by atoms with Crippen molar-refractivity contribution in [1.82, 2.24) is 15.5 Å². The van der Waals surface area contributed by atoms with E-state index in [0.717, 1.165) is 56.0 Å². The van der Waals surface area contributed by atoms with Gasteiger partial charge in [-0.3, -0.25) is 4.79 Å². The summed E-state index contributed by atoms with van der Waals surface area (Å²) in [6.45, 7) is 4.96. The SMILES string of the molecule is CCNC(=NCc1ccccc1CO)NC1CCN(C(=O)C2CCCCC2)C1.I. The number of aliphatic imine (C=N–C) groups is 1. The third kappa shape index (κ3) is 6.84. The summed E-state index contributed by atoms with van der Waals surface area (Å²) in [4.78, 5) is 19.5. The summed E-state index contributed by atoms with van der Waals surface area (Å²) in [7, 11) is 0. The summed E-state index contributed by atoms with van der Waals surface area (Å²) in [6, 6.07) is 8.06. The van der Waals surface area contributed by atoms with Gasteiger partial charge in [0.05, 0.1) is 13.2 Å². The highest BCUT2D eigenvalue weighted by Crippen LogP contribution is 2.26. The van der Waals surface area contributed by atoms with Gasteiger partial charge in [0, 0.05) is 31.6 Å². The van der Waals surface area contributed by atoms with Crippen LogP contribution in [0, 0.1) is 5.92 Å². The van der Waals surface area contributed by atoms with Crippen molar-refractivity contribution in [1.29, 1.82) is 0 Å². The van der Waals surface area contributed by atoms with Crippen LogP contribution < -0.4 is 10.6 Å². The molecule has 1 heterocycles. The van der Waals surface area contributed by atoms with Gasteiger partial charge in [-0.2, -0.15) is 0 Å². The van der Waals surface area contributed by atoms with Crippen molar-refractivity contribution in [2.45, 2.75) is 64.6 Å². The number of guanidine groups is 1. The first-order valence-electron chi connectivity index (χ1n) is 10.7. The van der Waals surface area contributed by atoms with Crippen LogP contribution in [-0.4, -0.2) is 47.5 Å². The zero-order valence-corrected chi connectivity index (χ0v) is 19.7. The third-order valence-electron chi connectivity index (χ3n) is 5.84. The number of carbonyl (C=O) groups excluding carboxylic acids is 1. The summed E-state index contributed by atoms with van der Waals surface area (Å²) in [5.74, 6) is 1.36. The zero-order valence-electron chi connectivity index (χ0n) is 17.4. The Morgan fingerprint density at radius 1 is 1.17 bits per heavy atom. The van der Waals surface area contributed by atoms with Crippen LogP contribution in [0.1, 0.15) is 56.6 Å². The van der Waals surface area contributed by atoms with Crippen LogP contribution in [0.5, 0.6) is 0 Å². The van der Waals surface area contributed by atoms with E-state index in [2.05, 4.69) is 10.6 Å². The van der Waals surface area contributed by atoms with Gasteiger partial charge < -0.3 is 20.6 Å². The number of carbonyl (C=O) groups is 1. The Balaban J connectivity index is 0.00000300. The highest BCUT2D eigenvalue weighted by atomic mass is 127. The van der Waals surface area contributed by atoms with Gasteiger partial charge in [0.15, 0.2) is 5.96 Å². The third-order valence-corrected chi connectivity index (χ3v) is 5.84. The second-order valence-electron chi connectivity index (χ2n) is 7.87. The molecular formula is C22H35IN4O2. The van der Waals surface area contributed by atoms with E-state index in [9.17, 15) is 9.90 Å². The van der Waals surface area contributed by atoms with Gasteiger partial charge in [0.2, 0.25) is 5.91 Å². The van der Waals surface area contributed by atoms with Gasteiger partial charge >= 0.3 is 0 Å². The smallest absolute Gasteiger partial charge is 0.225 e. The number of aliphatic hydroxyl groups is 1. The molecule has 1 amide bonds. The minimum absolute atomic E-state index is 0. The first-order valence-corrected chi connectivity index (χ1v) is 10.7. The lowest BCUT2D eigenvalue weighted by molar-refractivity contribution is -0.135. The molecule has 1 saturated carbocycles. The van der Waals surface area contributed by atoms with Crippen LogP contribution in [0.15, 0.2) is 29.3 Å². The molecule has 0 spiro atoms. The maximum atomic E-state index is 12.8. The average molecular weight is 514 g/mol. The zero-order chi connectivity index (χ0) is 19.8. The summed E-state index contributed by atoms with van der Waals surface area (Å²) >= 11 is 0. The molecule has 0 bridgehead atoms. The standard InChI is InChI=1S/C22H34N4O2.HI/c1-2-23-22(24-14-18-10-6-7-11-19(18)16-27)25-20-12-13-26(15-20)21(28)17-8-4-3-5-9-17;/h6-7,10-11,17,20,27H,2-5,8-9,12-16H2,1H3,(H2,23,24,25);1H. The van der Waals surface area contributed by atoms with Crippen LogP contribution in [-0.2, 0) is 17.9 Å². The van der Waals surface area contributed by atoms with Crippen molar-refractivity contribution >= 4 is 35.8 Å². The van der Waals surface area contributed by atoms with E-state index in [1.807, 2.05) is 36.1 Å². The Kier molecular flexibility index (Phi) is 10.2. The van der Waals surface area contributed by atoms with Gasteiger partial charge in [-0.05, 0) is 37.3 Å². The minimum Gasteiger partial charge on any atom is -0.392 e. The number of rotatable bonds is 6. The normalized spacial score (nSPS) is 20.3. The summed E-state index contributed by atoms with van der Waals surface area (Å²) in [5.41, 5.74) is 1.94. The van der Waals surface area contributed by atoms with E-state index >= 15 is 0 Å². The van der Waals surface area contributed by atoms with Crippen LogP contribution >= 0.6 is 24.0 Å².